The minimum Gasteiger partial charge on any atom is -0.343 e. The van der Waals surface area contributed by atoms with Gasteiger partial charge in [-0.15, -0.1) is 11.3 Å². The number of hydrogen-bond acceptors (Lipinski definition) is 4. The first-order valence-corrected chi connectivity index (χ1v) is 7.76. The SMILES string of the molecule is CCN(CC)C(=O)CCc1csc(-c2ccccn2)n1. The van der Waals surface area contributed by atoms with Crippen LogP contribution < -0.4 is 0 Å². The summed E-state index contributed by atoms with van der Waals surface area (Å²) in [5, 5.41) is 2.93. The van der Waals surface area contributed by atoms with E-state index >= 15 is 0 Å². The lowest BCUT2D eigenvalue weighted by Crippen LogP contribution is -2.30. The van der Waals surface area contributed by atoms with Gasteiger partial charge < -0.3 is 4.90 Å². The van der Waals surface area contributed by atoms with E-state index in [1.807, 2.05) is 42.3 Å². The van der Waals surface area contributed by atoms with Crippen LogP contribution in [0.4, 0.5) is 0 Å². The van der Waals surface area contributed by atoms with Crippen molar-refractivity contribution < 1.29 is 4.79 Å². The number of nitrogens with zero attached hydrogens (tertiary/aromatic N) is 3. The van der Waals surface area contributed by atoms with Crippen LogP contribution in [-0.2, 0) is 11.2 Å². The van der Waals surface area contributed by atoms with Crippen molar-refractivity contribution in [3.05, 3.63) is 35.5 Å². The summed E-state index contributed by atoms with van der Waals surface area (Å²) in [5.41, 5.74) is 1.86. The first-order valence-electron chi connectivity index (χ1n) is 6.88. The smallest absolute Gasteiger partial charge is 0.222 e. The summed E-state index contributed by atoms with van der Waals surface area (Å²) in [4.78, 5) is 22.6. The van der Waals surface area contributed by atoms with Crippen LogP contribution in [0.1, 0.15) is 26.0 Å². The molecular formula is C15H19N3OS. The number of amides is 1. The maximum Gasteiger partial charge on any atom is 0.222 e. The van der Waals surface area contributed by atoms with Crippen molar-refractivity contribution in [2.45, 2.75) is 26.7 Å². The third-order valence-electron chi connectivity index (χ3n) is 3.15. The molecule has 0 aliphatic rings. The molecule has 0 unspecified atom stereocenters. The van der Waals surface area contributed by atoms with E-state index in [1.54, 1.807) is 17.5 Å². The van der Waals surface area contributed by atoms with Crippen molar-refractivity contribution in [3.63, 3.8) is 0 Å². The van der Waals surface area contributed by atoms with Crippen LogP contribution >= 0.6 is 11.3 Å². The van der Waals surface area contributed by atoms with Crippen molar-refractivity contribution in [3.8, 4) is 10.7 Å². The predicted octanol–water partition coefficient (Wildman–Crippen LogP) is 3.01. The number of thiazole rings is 1. The zero-order valence-electron chi connectivity index (χ0n) is 11.9. The second-order valence-electron chi connectivity index (χ2n) is 4.43. The Labute approximate surface area is 123 Å². The number of carbonyl (C=O) groups is 1. The third-order valence-corrected chi connectivity index (χ3v) is 4.06. The van der Waals surface area contributed by atoms with Crippen LogP contribution in [0.2, 0.25) is 0 Å². The highest BCUT2D eigenvalue weighted by Gasteiger charge is 2.11. The van der Waals surface area contributed by atoms with E-state index in [-0.39, 0.29) is 5.91 Å². The second kappa shape index (κ2) is 7.14. The summed E-state index contributed by atoms with van der Waals surface area (Å²) in [5.74, 6) is 0.197. The summed E-state index contributed by atoms with van der Waals surface area (Å²) in [6.45, 7) is 5.55. The second-order valence-corrected chi connectivity index (χ2v) is 5.28. The molecule has 2 heterocycles. The molecule has 0 aromatic carbocycles. The summed E-state index contributed by atoms with van der Waals surface area (Å²) in [6, 6.07) is 5.79. The average molecular weight is 289 g/mol. The van der Waals surface area contributed by atoms with E-state index in [0.29, 0.717) is 12.8 Å². The molecule has 0 saturated carbocycles. The number of hydrogen-bond donors (Lipinski definition) is 0. The molecule has 0 aliphatic carbocycles. The van der Waals surface area contributed by atoms with Crippen LogP contribution in [0.5, 0.6) is 0 Å². The van der Waals surface area contributed by atoms with Crippen LogP contribution in [0.15, 0.2) is 29.8 Å². The molecule has 0 aliphatic heterocycles. The molecule has 2 aromatic heterocycles. The van der Waals surface area contributed by atoms with Crippen LogP contribution in [-0.4, -0.2) is 33.9 Å². The predicted molar refractivity (Wildman–Crippen MR) is 81.6 cm³/mol. The first-order chi connectivity index (χ1) is 9.74. The highest BCUT2D eigenvalue weighted by molar-refractivity contribution is 7.13. The third kappa shape index (κ3) is 3.63. The fourth-order valence-electron chi connectivity index (χ4n) is 2.00. The molecule has 0 atom stereocenters. The lowest BCUT2D eigenvalue weighted by Gasteiger charge is -2.17. The van der Waals surface area contributed by atoms with Gasteiger partial charge in [0, 0.05) is 31.1 Å². The van der Waals surface area contributed by atoms with Gasteiger partial charge in [0.25, 0.3) is 0 Å². The van der Waals surface area contributed by atoms with Gasteiger partial charge in [-0.3, -0.25) is 9.78 Å². The minimum absolute atomic E-state index is 0.197. The normalized spacial score (nSPS) is 10.5. The molecule has 106 valence electrons. The van der Waals surface area contributed by atoms with Gasteiger partial charge in [0.15, 0.2) is 0 Å². The van der Waals surface area contributed by atoms with Crippen LogP contribution in [0.25, 0.3) is 10.7 Å². The number of rotatable bonds is 6. The van der Waals surface area contributed by atoms with Crippen molar-refractivity contribution in [2.75, 3.05) is 13.1 Å². The largest absolute Gasteiger partial charge is 0.343 e. The summed E-state index contributed by atoms with van der Waals surface area (Å²) in [6.07, 6.45) is 2.98. The Hall–Kier alpha value is -1.75. The minimum atomic E-state index is 0.197. The van der Waals surface area contributed by atoms with Gasteiger partial charge >= 0.3 is 0 Å². The highest BCUT2D eigenvalue weighted by atomic mass is 32.1. The molecule has 1 amide bonds. The van der Waals surface area contributed by atoms with Gasteiger partial charge in [-0.1, -0.05) is 6.07 Å². The Bertz CT molecular complexity index is 549. The first kappa shape index (κ1) is 14.7. The molecule has 0 N–H and O–H groups in total. The zero-order valence-corrected chi connectivity index (χ0v) is 12.7. The standard InChI is InChI=1S/C15H19N3OS/c1-3-18(4-2)14(19)9-8-12-11-20-15(17-12)13-7-5-6-10-16-13/h5-7,10-11H,3-4,8-9H2,1-2H3. The van der Waals surface area contributed by atoms with E-state index in [1.165, 1.54) is 0 Å². The van der Waals surface area contributed by atoms with Crippen molar-refractivity contribution >= 4 is 17.2 Å². The van der Waals surface area contributed by atoms with Gasteiger partial charge in [0.05, 0.1) is 11.4 Å². The lowest BCUT2D eigenvalue weighted by molar-refractivity contribution is -0.130. The Morgan fingerprint density at radius 1 is 1.30 bits per heavy atom. The van der Waals surface area contributed by atoms with Crippen LogP contribution in [0.3, 0.4) is 0 Å². The lowest BCUT2D eigenvalue weighted by atomic mass is 10.2. The summed E-state index contributed by atoms with van der Waals surface area (Å²) >= 11 is 1.58. The van der Waals surface area contributed by atoms with E-state index in [4.69, 9.17) is 0 Å². The van der Waals surface area contributed by atoms with E-state index in [2.05, 4.69) is 9.97 Å². The molecule has 5 heteroatoms. The Morgan fingerprint density at radius 3 is 2.75 bits per heavy atom. The van der Waals surface area contributed by atoms with Crippen molar-refractivity contribution in [1.82, 2.24) is 14.9 Å². The van der Waals surface area contributed by atoms with Gasteiger partial charge in [-0.2, -0.15) is 0 Å². The Balaban J connectivity index is 1.95. The Kier molecular flexibility index (Phi) is 5.24. The molecule has 0 spiro atoms. The average Bonchev–Trinajstić information content (AvgIpc) is 2.96. The van der Waals surface area contributed by atoms with Crippen molar-refractivity contribution in [2.24, 2.45) is 0 Å². The monoisotopic (exact) mass is 289 g/mol. The highest BCUT2D eigenvalue weighted by Crippen LogP contribution is 2.21. The van der Waals surface area contributed by atoms with E-state index in [0.717, 1.165) is 29.5 Å². The van der Waals surface area contributed by atoms with Gasteiger partial charge in [-0.25, -0.2) is 4.98 Å². The number of aromatic nitrogens is 2. The topological polar surface area (TPSA) is 46.1 Å². The van der Waals surface area contributed by atoms with Crippen LogP contribution in [0, 0.1) is 0 Å². The van der Waals surface area contributed by atoms with Crippen molar-refractivity contribution in [1.29, 1.82) is 0 Å². The molecule has 2 rings (SSSR count). The molecule has 20 heavy (non-hydrogen) atoms. The fraction of sp³-hybridized carbons (Fsp3) is 0.400. The van der Waals surface area contributed by atoms with Gasteiger partial charge in [0.1, 0.15) is 5.01 Å². The number of carbonyl (C=O) groups excluding carboxylic acids is 1. The maximum atomic E-state index is 11.9. The fourth-order valence-corrected chi connectivity index (χ4v) is 2.83. The molecule has 0 saturated heterocycles. The molecule has 0 radical (unpaired) electrons. The Morgan fingerprint density at radius 2 is 2.10 bits per heavy atom. The van der Waals surface area contributed by atoms with E-state index < -0.39 is 0 Å². The zero-order chi connectivity index (χ0) is 14.4. The summed E-state index contributed by atoms with van der Waals surface area (Å²) in [7, 11) is 0. The molecule has 0 bridgehead atoms. The molecule has 4 nitrogen and oxygen atoms in total. The maximum absolute atomic E-state index is 11.9. The van der Waals surface area contributed by atoms with Gasteiger partial charge in [0.2, 0.25) is 5.91 Å². The molecule has 0 fully saturated rings. The quantitative estimate of drug-likeness (QED) is 0.821. The van der Waals surface area contributed by atoms with Gasteiger partial charge in [-0.05, 0) is 32.4 Å². The number of pyridine rings is 1. The molecular weight excluding hydrogens is 270 g/mol. The summed E-state index contributed by atoms with van der Waals surface area (Å²) < 4.78 is 0. The van der Waals surface area contributed by atoms with E-state index in [9.17, 15) is 4.79 Å². The number of aryl methyl sites for hydroxylation is 1. The molecule has 2 aromatic rings.